The summed E-state index contributed by atoms with van der Waals surface area (Å²) >= 11 is 0. The zero-order chi connectivity index (χ0) is 28.9. The Balaban J connectivity index is 1.58. The Hall–Kier alpha value is -5.15. The van der Waals surface area contributed by atoms with E-state index in [0.29, 0.717) is 0 Å². The second-order valence-electron chi connectivity index (χ2n) is 10.7. The lowest BCUT2D eigenvalue weighted by Crippen LogP contribution is -2.36. The van der Waals surface area contributed by atoms with Crippen molar-refractivity contribution in [2.24, 2.45) is 14.1 Å². The van der Waals surface area contributed by atoms with Crippen LogP contribution < -0.4 is 13.7 Å². The summed E-state index contributed by atoms with van der Waals surface area (Å²) in [5.41, 5.74) is 12.1. The Labute approximate surface area is 249 Å². The molecule has 0 saturated carbocycles. The van der Waals surface area contributed by atoms with E-state index in [0.717, 1.165) is 6.42 Å². The zero-order valence-corrected chi connectivity index (χ0v) is 24.5. The van der Waals surface area contributed by atoms with Crippen LogP contribution >= 0.6 is 0 Å². The van der Waals surface area contributed by atoms with Gasteiger partial charge in [0.1, 0.15) is 14.1 Å². The standard InChI is InChI=1S/C39H36N3/c1-30-16-4-7-19-34(30)39-24-12-15-27-42(39)33(28-31-17-5-8-20-35(31)37-22-10-13-25-40(37)2)29-32-18-6-9-21-36(32)38-23-11-14-26-41(38)3/h4-28H,29H2,1-3H3/q+3. The van der Waals surface area contributed by atoms with E-state index in [2.05, 4.69) is 187 Å². The molecule has 3 aromatic heterocycles. The van der Waals surface area contributed by atoms with E-state index < -0.39 is 0 Å². The van der Waals surface area contributed by atoms with Crippen LogP contribution in [0.1, 0.15) is 16.7 Å². The van der Waals surface area contributed by atoms with Crippen molar-refractivity contribution in [3.8, 4) is 33.8 Å². The first-order valence-electron chi connectivity index (χ1n) is 14.4. The van der Waals surface area contributed by atoms with E-state index in [1.54, 1.807) is 0 Å². The van der Waals surface area contributed by atoms with E-state index in [1.165, 1.54) is 56.2 Å². The highest BCUT2D eigenvalue weighted by atomic mass is 15.0. The zero-order valence-electron chi connectivity index (χ0n) is 24.5. The van der Waals surface area contributed by atoms with Crippen molar-refractivity contribution in [3.63, 3.8) is 0 Å². The minimum Gasteiger partial charge on any atom is -0.201 e. The molecule has 0 aliphatic rings. The average molecular weight is 547 g/mol. The number of pyridine rings is 3. The molecule has 204 valence electrons. The Morgan fingerprint density at radius 1 is 0.524 bits per heavy atom. The molecule has 0 N–H and O–H groups in total. The number of hydrogen-bond acceptors (Lipinski definition) is 0. The smallest absolute Gasteiger partial charge is 0.201 e. The maximum atomic E-state index is 2.37. The minimum atomic E-state index is 0.758. The number of aryl methyl sites for hydroxylation is 3. The molecule has 3 nitrogen and oxygen atoms in total. The molecule has 0 amide bonds. The molecule has 6 aromatic rings. The van der Waals surface area contributed by atoms with Crippen LogP contribution in [0, 0.1) is 6.92 Å². The van der Waals surface area contributed by atoms with Gasteiger partial charge in [-0.25, -0.2) is 9.13 Å². The van der Waals surface area contributed by atoms with Gasteiger partial charge in [0.15, 0.2) is 24.3 Å². The van der Waals surface area contributed by atoms with Crippen LogP contribution in [-0.2, 0) is 20.5 Å². The Bertz CT molecular complexity index is 1900. The van der Waals surface area contributed by atoms with Crippen molar-refractivity contribution in [2.75, 3.05) is 0 Å². The second-order valence-corrected chi connectivity index (χ2v) is 10.7. The van der Waals surface area contributed by atoms with E-state index in [-0.39, 0.29) is 0 Å². The summed E-state index contributed by atoms with van der Waals surface area (Å²) in [7, 11) is 4.22. The van der Waals surface area contributed by atoms with Gasteiger partial charge < -0.3 is 0 Å². The topological polar surface area (TPSA) is 11.6 Å². The fourth-order valence-corrected chi connectivity index (χ4v) is 5.74. The van der Waals surface area contributed by atoms with Crippen LogP contribution in [0.15, 0.2) is 146 Å². The molecule has 6 rings (SSSR count). The fourth-order valence-electron chi connectivity index (χ4n) is 5.74. The second kappa shape index (κ2) is 12.2. The quantitative estimate of drug-likeness (QED) is 0.188. The van der Waals surface area contributed by atoms with E-state index >= 15 is 0 Å². The number of aromatic nitrogens is 3. The van der Waals surface area contributed by atoms with Gasteiger partial charge in [0.25, 0.3) is 0 Å². The summed E-state index contributed by atoms with van der Waals surface area (Å²) in [4.78, 5) is 0. The van der Waals surface area contributed by atoms with Gasteiger partial charge in [-0.15, -0.1) is 0 Å². The van der Waals surface area contributed by atoms with Crippen LogP contribution in [0.2, 0.25) is 0 Å². The van der Waals surface area contributed by atoms with Crippen LogP contribution in [0.5, 0.6) is 0 Å². The van der Waals surface area contributed by atoms with Crippen LogP contribution in [0.3, 0.4) is 0 Å². The van der Waals surface area contributed by atoms with Gasteiger partial charge in [0, 0.05) is 53.6 Å². The first kappa shape index (κ1) is 27.0. The molecule has 42 heavy (non-hydrogen) atoms. The van der Waals surface area contributed by atoms with Gasteiger partial charge in [-0.3, -0.25) is 0 Å². The summed E-state index contributed by atoms with van der Waals surface area (Å²) in [5.74, 6) is 0. The third-order valence-corrected chi connectivity index (χ3v) is 7.92. The summed E-state index contributed by atoms with van der Waals surface area (Å²) < 4.78 is 6.75. The number of hydrogen-bond donors (Lipinski definition) is 0. The SMILES string of the molecule is Cc1ccccc1-c1cccc[n+]1C(=Cc1ccccc1-c1cccc[n+]1C)Cc1ccccc1-c1cccc[n+]1C. The third-order valence-electron chi connectivity index (χ3n) is 7.92. The van der Waals surface area contributed by atoms with Crippen molar-refractivity contribution >= 4 is 11.8 Å². The van der Waals surface area contributed by atoms with Gasteiger partial charge in [-0.2, -0.15) is 4.57 Å². The third kappa shape index (κ3) is 5.55. The van der Waals surface area contributed by atoms with Crippen molar-refractivity contribution in [2.45, 2.75) is 13.3 Å². The minimum absolute atomic E-state index is 0.758. The molecule has 3 heteroatoms. The molecular formula is C39H36N3+3. The van der Waals surface area contributed by atoms with Gasteiger partial charge >= 0.3 is 0 Å². The average Bonchev–Trinajstić information content (AvgIpc) is 3.02. The predicted molar refractivity (Wildman–Crippen MR) is 171 cm³/mol. The molecule has 0 spiro atoms. The largest absolute Gasteiger partial charge is 0.218 e. The first-order valence-corrected chi connectivity index (χ1v) is 14.4. The van der Waals surface area contributed by atoms with Crippen molar-refractivity contribution in [1.82, 2.24) is 0 Å². The summed E-state index contributed by atoms with van der Waals surface area (Å²) in [6, 6.07) is 45.3. The molecule has 0 saturated heterocycles. The summed E-state index contributed by atoms with van der Waals surface area (Å²) in [5, 5.41) is 0. The summed E-state index contributed by atoms with van der Waals surface area (Å²) in [6.07, 6.45) is 9.54. The van der Waals surface area contributed by atoms with Crippen LogP contribution in [-0.4, -0.2) is 0 Å². The number of benzene rings is 3. The van der Waals surface area contributed by atoms with Gasteiger partial charge in [0.05, 0.1) is 12.0 Å². The molecule has 3 heterocycles. The number of rotatable bonds is 7. The molecule has 0 unspecified atom stereocenters. The van der Waals surface area contributed by atoms with Gasteiger partial charge in [-0.05, 0) is 60.0 Å². The van der Waals surface area contributed by atoms with Crippen LogP contribution in [0.4, 0.5) is 0 Å². The lowest BCUT2D eigenvalue weighted by molar-refractivity contribution is -0.660. The van der Waals surface area contributed by atoms with Gasteiger partial charge in [0.2, 0.25) is 17.1 Å². The molecule has 3 aromatic carbocycles. The summed E-state index contributed by atoms with van der Waals surface area (Å²) in [6.45, 7) is 2.19. The van der Waals surface area contributed by atoms with E-state index in [1.807, 2.05) is 0 Å². The molecule has 0 aliphatic carbocycles. The van der Waals surface area contributed by atoms with Gasteiger partial charge in [-0.1, -0.05) is 54.6 Å². The fraction of sp³-hybridized carbons (Fsp3) is 0.103. The molecule has 0 aliphatic heterocycles. The maximum absolute atomic E-state index is 2.37. The molecule has 0 fully saturated rings. The number of nitrogens with zero attached hydrogens (tertiary/aromatic N) is 3. The highest BCUT2D eigenvalue weighted by Crippen LogP contribution is 2.28. The normalized spacial score (nSPS) is 11.5. The van der Waals surface area contributed by atoms with Crippen LogP contribution in [0.25, 0.3) is 45.5 Å². The molecular weight excluding hydrogens is 510 g/mol. The molecule has 0 bridgehead atoms. The monoisotopic (exact) mass is 546 g/mol. The highest BCUT2D eigenvalue weighted by Gasteiger charge is 2.23. The number of allylic oxidation sites excluding steroid dienone is 1. The predicted octanol–water partition coefficient (Wildman–Crippen LogP) is 7.17. The maximum Gasteiger partial charge on any atom is 0.218 e. The highest BCUT2D eigenvalue weighted by molar-refractivity contribution is 5.79. The molecule has 0 atom stereocenters. The van der Waals surface area contributed by atoms with E-state index in [4.69, 9.17) is 0 Å². The van der Waals surface area contributed by atoms with Crippen molar-refractivity contribution < 1.29 is 13.7 Å². The Kier molecular flexibility index (Phi) is 7.83. The first-order chi connectivity index (χ1) is 20.6. The Morgan fingerprint density at radius 3 is 1.74 bits per heavy atom. The van der Waals surface area contributed by atoms with Crippen molar-refractivity contribution in [1.29, 1.82) is 0 Å². The van der Waals surface area contributed by atoms with E-state index in [9.17, 15) is 0 Å². The molecule has 0 radical (unpaired) electrons. The lowest BCUT2D eigenvalue weighted by atomic mass is 9.96. The lowest BCUT2D eigenvalue weighted by Gasteiger charge is -2.12. The Morgan fingerprint density at radius 2 is 1.05 bits per heavy atom. The van der Waals surface area contributed by atoms with Crippen molar-refractivity contribution in [3.05, 3.63) is 163 Å².